The van der Waals surface area contributed by atoms with E-state index in [9.17, 15) is 12.8 Å². The number of hydrogen-bond donors (Lipinski definition) is 2. The van der Waals surface area contributed by atoms with Crippen LogP contribution in [0.15, 0.2) is 24.4 Å². The molecule has 0 saturated heterocycles. The Morgan fingerprint density at radius 2 is 2.19 bits per heavy atom. The fraction of sp³-hybridized carbons (Fsp3) is 0.308. The molecule has 0 spiro atoms. The van der Waals surface area contributed by atoms with E-state index in [4.69, 9.17) is 17.3 Å². The molecule has 5 nitrogen and oxygen atoms in total. The highest BCUT2D eigenvalue weighted by atomic mass is 35.5. The number of nitrogens with two attached hydrogens (primary N) is 1. The van der Waals surface area contributed by atoms with E-state index in [1.54, 1.807) is 12.3 Å². The third-order valence-electron chi connectivity index (χ3n) is 2.98. The van der Waals surface area contributed by atoms with Crippen molar-refractivity contribution in [3.63, 3.8) is 0 Å². The third kappa shape index (κ3) is 4.26. The van der Waals surface area contributed by atoms with Gasteiger partial charge in [-0.25, -0.2) is 17.8 Å². The van der Waals surface area contributed by atoms with Crippen molar-refractivity contribution in [2.75, 3.05) is 12.0 Å². The van der Waals surface area contributed by atoms with Gasteiger partial charge in [0.1, 0.15) is 21.5 Å². The van der Waals surface area contributed by atoms with Crippen LogP contribution in [0.25, 0.3) is 11.3 Å². The van der Waals surface area contributed by atoms with Gasteiger partial charge in [-0.2, -0.15) is 0 Å². The molecule has 1 unspecified atom stereocenters. The first kappa shape index (κ1) is 15.9. The maximum absolute atomic E-state index is 13.1. The lowest BCUT2D eigenvalue weighted by molar-refractivity contribution is 0.588. The van der Waals surface area contributed by atoms with Crippen molar-refractivity contribution in [2.24, 2.45) is 5.73 Å². The Labute approximate surface area is 127 Å². The number of halogens is 2. The molecule has 0 aliphatic carbocycles. The molecular formula is C13H15ClFN3O2S. The van der Waals surface area contributed by atoms with Crippen molar-refractivity contribution in [1.82, 2.24) is 9.97 Å². The number of aromatic amines is 1. The first-order valence-corrected chi connectivity index (χ1v) is 8.64. The Balaban J connectivity index is 2.15. The van der Waals surface area contributed by atoms with Gasteiger partial charge >= 0.3 is 0 Å². The van der Waals surface area contributed by atoms with Gasteiger partial charge < -0.3 is 10.7 Å². The van der Waals surface area contributed by atoms with Crippen LogP contribution in [0, 0.1) is 5.82 Å². The summed E-state index contributed by atoms with van der Waals surface area (Å²) in [6.45, 7) is 0. The SMILES string of the molecule is CS(=O)(=O)CCC(N)c1ncc(-c2ccc(F)c(Cl)c2)[nH]1. The van der Waals surface area contributed by atoms with Gasteiger partial charge in [0.15, 0.2) is 0 Å². The number of H-pyrrole nitrogens is 1. The predicted octanol–water partition coefficient (Wildman–Crippen LogP) is 2.30. The minimum Gasteiger partial charge on any atom is -0.341 e. The van der Waals surface area contributed by atoms with Crippen molar-refractivity contribution in [1.29, 1.82) is 0 Å². The summed E-state index contributed by atoms with van der Waals surface area (Å²) in [4.78, 5) is 7.13. The van der Waals surface area contributed by atoms with Gasteiger partial charge in [0.25, 0.3) is 0 Å². The highest BCUT2D eigenvalue weighted by Gasteiger charge is 2.14. The molecule has 0 aliphatic rings. The number of imidazole rings is 1. The monoisotopic (exact) mass is 331 g/mol. The molecule has 21 heavy (non-hydrogen) atoms. The summed E-state index contributed by atoms with van der Waals surface area (Å²) in [5.41, 5.74) is 7.22. The molecule has 8 heteroatoms. The summed E-state index contributed by atoms with van der Waals surface area (Å²) in [6.07, 6.45) is 2.99. The zero-order chi connectivity index (χ0) is 15.6. The number of rotatable bonds is 5. The Morgan fingerprint density at radius 1 is 1.48 bits per heavy atom. The first-order chi connectivity index (χ1) is 9.76. The van der Waals surface area contributed by atoms with Crippen molar-refractivity contribution >= 4 is 21.4 Å². The van der Waals surface area contributed by atoms with E-state index in [2.05, 4.69) is 9.97 Å². The molecule has 0 aliphatic heterocycles. The zero-order valence-electron chi connectivity index (χ0n) is 11.3. The molecule has 114 valence electrons. The summed E-state index contributed by atoms with van der Waals surface area (Å²) >= 11 is 5.73. The molecule has 0 saturated carbocycles. The number of aromatic nitrogens is 2. The number of nitrogens with zero attached hydrogens (tertiary/aromatic N) is 1. The quantitative estimate of drug-likeness (QED) is 0.879. The van der Waals surface area contributed by atoms with E-state index in [0.717, 1.165) is 6.26 Å². The molecule has 1 atom stereocenters. The average molecular weight is 332 g/mol. The molecule has 2 rings (SSSR count). The largest absolute Gasteiger partial charge is 0.341 e. The second-order valence-electron chi connectivity index (χ2n) is 4.84. The van der Waals surface area contributed by atoms with Crippen LogP contribution in [-0.2, 0) is 9.84 Å². The molecule has 0 bridgehead atoms. The standard InChI is InChI=1S/C13H15ClFN3O2S/c1-21(19,20)5-4-11(16)13-17-7-12(18-13)8-2-3-10(15)9(14)6-8/h2-3,6-7,11H,4-5,16H2,1H3,(H,17,18). The van der Waals surface area contributed by atoms with Crippen LogP contribution in [0.1, 0.15) is 18.3 Å². The van der Waals surface area contributed by atoms with Crippen molar-refractivity contribution in [3.05, 3.63) is 41.1 Å². The Kier molecular flexibility index (Phi) is 4.65. The smallest absolute Gasteiger partial charge is 0.147 e. The van der Waals surface area contributed by atoms with E-state index in [1.165, 1.54) is 12.1 Å². The van der Waals surface area contributed by atoms with Gasteiger partial charge in [-0.15, -0.1) is 0 Å². The van der Waals surface area contributed by atoms with E-state index in [0.29, 0.717) is 17.1 Å². The second-order valence-corrected chi connectivity index (χ2v) is 7.50. The van der Waals surface area contributed by atoms with Gasteiger partial charge in [0.2, 0.25) is 0 Å². The van der Waals surface area contributed by atoms with Crippen LogP contribution < -0.4 is 5.73 Å². The summed E-state index contributed by atoms with van der Waals surface area (Å²) in [7, 11) is -3.06. The Hall–Kier alpha value is -1.44. The molecule has 1 aromatic heterocycles. The topological polar surface area (TPSA) is 88.8 Å². The van der Waals surface area contributed by atoms with E-state index < -0.39 is 21.7 Å². The van der Waals surface area contributed by atoms with E-state index in [-0.39, 0.29) is 17.2 Å². The van der Waals surface area contributed by atoms with Crippen LogP contribution in [0.3, 0.4) is 0 Å². The first-order valence-electron chi connectivity index (χ1n) is 6.20. The number of hydrogen-bond acceptors (Lipinski definition) is 4. The minimum absolute atomic E-state index is 0.00736. The Morgan fingerprint density at radius 3 is 2.81 bits per heavy atom. The van der Waals surface area contributed by atoms with Gasteiger partial charge in [0, 0.05) is 11.8 Å². The van der Waals surface area contributed by atoms with Crippen LogP contribution in [0.4, 0.5) is 4.39 Å². The maximum atomic E-state index is 13.1. The number of nitrogens with one attached hydrogen (secondary N) is 1. The molecule has 0 amide bonds. The van der Waals surface area contributed by atoms with Gasteiger partial charge in [-0.05, 0) is 24.6 Å². The molecule has 0 fully saturated rings. The lowest BCUT2D eigenvalue weighted by Crippen LogP contribution is -2.16. The fourth-order valence-corrected chi connectivity index (χ4v) is 2.68. The molecule has 1 aromatic carbocycles. The second kappa shape index (κ2) is 6.13. The fourth-order valence-electron chi connectivity index (χ4n) is 1.81. The van der Waals surface area contributed by atoms with E-state index >= 15 is 0 Å². The van der Waals surface area contributed by atoms with Crippen molar-refractivity contribution in [3.8, 4) is 11.3 Å². The van der Waals surface area contributed by atoms with E-state index in [1.807, 2.05) is 0 Å². The predicted molar refractivity (Wildman–Crippen MR) is 80.2 cm³/mol. The number of sulfone groups is 1. The summed E-state index contributed by atoms with van der Waals surface area (Å²) < 4.78 is 35.4. The van der Waals surface area contributed by atoms with Crippen LogP contribution in [0.2, 0.25) is 5.02 Å². The van der Waals surface area contributed by atoms with Crippen molar-refractivity contribution in [2.45, 2.75) is 12.5 Å². The normalized spacial score (nSPS) is 13.3. The van der Waals surface area contributed by atoms with Crippen molar-refractivity contribution < 1.29 is 12.8 Å². The third-order valence-corrected chi connectivity index (χ3v) is 4.24. The molecule has 0 radical (unpaired) electrons. The molecular weight excluding hydrogens is 317 g/mol. The highest BCUT2D eigenvalue weighted by Crippen LogP contribution is 2.24. The molecule has 1 heterocycles. The summed E-state index contributed by atoms with van der Waals surface area (Å²) in [5, 5.41) is 0.0185. The lowest BCUT2D eigenvalue weighted by Gasteiger charge is -2.07. The number of benzene rings is 1. The zero-order valence-corrected chi connectivity index (χ0v) is 12.9. The summed E-state index contributed by atoms with van der Waals surface area (Å²) in [6, 6.07) is 3.81. The molecule has 2 aromatic rings. The van der Waals surface area contributed by atoms with Crippen LogP contribution >= 0.6 is 11.6 Å². The minimum atomic E-state index is -3.06. The Bertz CT molecular complexity index is 746. The average Bonchev–Trinajstić information content (AvgIpc) is 2.88. The van der Waals surface area contributed by atoms with Crippen LogP contribution in [0.5, 0.6) is 0 Å². The lowest BCUT2D eigenvalue weighted by atomic mass is 10.2. The summed E-state index contributed by atoms with van der Waals surface area (Å²) in [5.74, 6) is -0.0221. The maximum Gasteiger partial charge on any atom is 0.147 e. The van der Waals surface area contributed by atoms with Crippen LogP contribution in [-0.4, -0.2) is 30.4 Å². The van der Waals surface area contributed by atoms with Gasteiger partial charge in [-0.1, -0.05) is 11.6 Å². The van der Waals surface area contributed by atoms with Gasteiger partial charge in [-0.3, -0.25) is 0 Å². The molecule has 3 N–H and O–H groups in total. The van der Waals surface area contributed by atoms with Gasteiger partial charge in [0.05, 0.1) is 28.7 Å². The highest BCUT2D eigenvalue weighted by molar-refractivity contribution is 7.90.